The van der Waals surface area contributed by atoms with Crippen LogP contribution in [0.25, 0.3) is 11.1 Å². The number of rotatable bonds is 4. The highest BCUT2D eigenvalue weighted by Gasteiger charge is 2.40. The number of hydrogen-bond donors (Lipinski definition) is 1. The van der Waals surface area contributed by atoms with Crippen molar-refractivity contribution in [3.8, 4) is 11.1 Å². The Bertz CT molecular complexity index is 1050. The summed E-state index contributed by atoms with van der Waals surface area (Å²) in [5, 5.41) is 2.76. The molecule has 0 radical (unpaired) electrons. The Morgan fingerprint density at radius 1 is 0.619 bits per heavy atom. The first kappa shape index (κ1) is 32.2. The van der Waals surface area contributed by atoms with E-state index in [-0.39, 0.29) is 12.5 Å². The van der Waals surface area contributed by atoms with Crippen molar-refractivity contribution in [2.45, 2.75) is 140 Å². The van der Waals surface area contributed by atoms with E-state index in [0.29, 0.717) is 12.8 Å². The normalized spacial score (nSPS) is 19.9. The van der Waals surface area contributed by atoms with Gasteiger partial charge in [0.25, 0.3) is 0 Å². The van der Waals surface area contributed by atoms with Gasteiger partial charge in [-0.2, -0.15) is 4.39 Å². The molecule has 0 unspecified atom stereocenters. The van der Waals surface area contributed by atoms with E-state index < -0.39 is 17.7 Å². The molecule has 230 valence electrons. The van der Waals surface area contributed by atoms with Gasteiger partial charge in [-0.25, -0.2) is 4.79 Å². The molecule has 4 nitrogen and oxygen atoms in total. The summed E-state index contributed by atoms with van der Waals surface area (Å²) in [7, 11) is 0. The van der Waals surface area contributed by atoms with Gasteiger partial charge in [0.1, 0.15) is 12.1 Å². The number of carbonyl (C=O) groups excluding carboxylic acids is 2. The van der Waals surface area contributed by atoms with Crippen LogP contribution in [-0.4, -0.2) is 24.3 Å². The van der Waals surface area contributed by atoms with Crippen molar-refractivity contribution < 1.29 is 18.7 Å². The van der Waals surface area contributed by atoms with Crippen LogP contribution in [0.2, 0.25) is 0 Å². The highest BCUT2D eigenvalue weighted by Crippen LogP contribution is 2.44. The van der Waals surface area contributed by atoms with Crippen molar-refractivity contribution in [1.29, 1.82) is 0 Å². The second-order valence-corrected chi connectivity index (χ2v) is 12.7. The number of hydrogen-bond acceptors (Lipinski definition) is 3. The molecular formula is C37H52FNO3. The number of ether oxygens (including phenoxy) is 1. The fourth-order valence-corrected chi connectivity index (χ4v) is 7.01. The van der Waals surface area contributed by atoms with E-state index in [9.17, 15) is 14.0 Å². The molecule has 0 atom stereocenters. The third-order valence-corrected chi connectivity index (χ3v) is 9.52. The number of amides is 1. The van der Waals surface area contributed by atoms with E-state index in [4.69, 9.17) is 4.74 Å². The average molecular weight is 578 g/mol. The molecule has 1 N–H and O–H groups in total. The lowest BCUT2D eigenvalue weighted by Crippen LogP contribution is -2.53. The molecule has 0 bridgehead atoms. The van der Waals surface area contributed by atoms with Gasteiger partial charge < -0.3 is 10.1 Å². The average Bonchev–Trinajstić information content (AvgIpc) is 3.32. The van der Waals surface area contributed by atoms with E-state index in [1.54, 1.807) is 0 Å². The summed E-state index contributed by atoms with van der Waals surface area (Å²) in [5.74, 6) is -0.0803. The summed E-state index contributed by atoms with van der Waals surface area (Å²) < 4.78 is 20.6. The molecule has 0 saturated heterocycles. The first-order valence-electron chi connectivity index (χ1n) is 16.9. The molecule has 4 rings (SSSR count). The van der Waals surface area contributed by atoms with Crippen molar-refractivity contribution >= 4 is 12.1 Å². The van der Waals surface area contributed by atoms with Gasteiger partial charge in [0.05, 0.1) is 0 Å². The van der Waals surface area contributed by atoms with Gasteiger partial charge in [0, 0.05) is 5.92 Å². The highest BCUT2D eigenvalue weighted by atomic mass is 19.1. The Balaban J connectivity index is 1.35. The van der Waals surface area contributed by atoms with E-state index in [0.717, 1.165) is 60.8 Å². The molecule has 1 saturated carbocycles. The minimum Gasteiger partial charge on any atom is -0.449 e. The summed E-state index contributed by atoms with van der Waals surface area (Å²) in [6.45, 7) is 0.149. The molecule has 0 aromatic heterocycles. The monoisotopic (exact) mass is 577 g/mol. The fourth-order valence-electron chi connectivity index (χ4n) is 7.01. The van der Waals surface area contributed by atoms with E-state index in [2.05, 4.69) is 29.6 Å². The summed E-state index contributed by atoms with van der Waals surface area (Å²) in [5.41, 5.74) is 3.06. The van der Waals surface area contributed by atoms with Gasteiger partial charge in [-0.15, -0.1) is 0 Å². The van der Waals surface area contributed by atoms with Crippen LogP contribution in [0.4, 0.5) is 9.18 Å². The molecule has 42 heavy (non-hydrogen) atoms. The molecule has 0 spiro atoms. The number of alkyl carbamates (subject to hydrolysis) is 1. The third kappa shape index (κ3) is 9.41. The van der Waals surface area contributed by atoms with Crippen LogP contribution in [0.3, 0.4) is 0 Å². The molecule has 2 aliphatic rings. The molecule has 5 heteroatoms. The van der Waals surface area contributed by atoms with Gasteiger partial charge in [-0.05, 0) is 35.1 Å². The number of benzene rings is 2. The predicted octanol–water partition coefficient (Wildman–Crippen LogP) is 10.6. The lowest BCUT2D eigenvalue weighted by atomic mass is 9.86. The first-order valence-corrected chi connectivity index (χ1v) is 16.9. The predicted molar refractivity (Wildman–Crippen MR) is 169 cm³/mol. The molecule has 0 heterocycles. The largest absolute Gasteiger partial charge is 0.449 e. The Hall–Kier alpha value is -2.69. The Morgan fingerprint density at radius 2 is 0.976 bits per heavy atom. The topological polar surface area (TPSA) is 55.4 Å². The second kappa shape index (κ2) is 17.4. The summed E-state index contributed by atoms with van der Waals surface area (Å²) in [6, 6.07) is 14.9. The summed E-state index contributed by atoms with van der Waals surface area (Å²) in [6.07, 6.45) is 21.0. The van der Waals surface area contributed by atoms with Crippen LogP contribution in [0.5, 0.6) is 0 Å². The SMILES string of the molecule is O=C(NC1(C(=O)F)CCCCCCCCCCCCCCCCCCCC1)OCC1c2ccccc2-c2ccccc21. The molecule has 0 aliphatic heterocycles. The van der Waals surface area contributed by atoms with E-state index in [1.807, 2.05) is 24.3 Å². The molecule has 2 aromatic rings. The zero-order valence-corrected chi connectivity index (χ0v) is 25.6. The number of carbonyl (C=O) groups is 2. The minimum atomic E-state index is -1.50. The van der Waals surface area contributed by atoms with Crippen molar-refractivity contribution in [1.82, 2.24) is 5.32 Å². The second-order valence-electron chi connectivity index (χ2n) is 12.7. The smallest absolute Gasteiger partial charge is 0.408 e. The van der Waals surface area contributed by atoms with Crippen LogP contribution >= 0.6 is 0 Å². The van der Waals surface area contributed by atoms with Crippen LogP contribution in [0.1, 0.15) is 145 Å². The highest BCUT2D eigenvalue weighted by molar-refractivity contribution is 5.85. The number of fused-ring (bicyclic) bond motifs is 3. The summed E-state index contributed by atoms with van der Waals surface area (Å²) in [4.78, 5) is 25.7. The third-order valence-electron chi connectivity index (χ3n) is 9.52. The maximum absolute atomic E-state index is 14.8. The van der Waals surface area contributed by atoms with Gasteiger partial charge in [-0.3, -0.25) is 4.79 Å². The van der Waals surface area contributed by atoms with Crippen molar-refractivity contribution in [3.63, 3.8) is 0 Å². The molecular weight excluding hydrogens is 525 g/mol. The lowest BCUT2D eigenvalue weighted by Gasteiger charge is -2.30. The van der Waals surface area contributed by atoms with Gasteiger partial charge in [0.15, 0.2) is 0 Å². The van der Waals surface area contributed by atoms with E-state index in [1.165, 1.54) is 77.0 Å². The molecule has 2 aromatic carbocycles. The van der Waals surface area contributed by atoms with Crippen molar-refractivity contribution in [2.75, 3.05) is 6.61 Å². The maximum atomic E-state index is 14.8. The Kier molecular flexibility index (Phi) is 13.4. The van der Waals surface area contributed by atoms with E-state index >= 15 is 0 Å². The zero-order chi connectivity index (χ0) is 29.5. The van der Waals surface area contributed by atoms with Crippen LogP contribution in [-0.2, 0) is 9.53 Å². The fraction of sp³-hybridized carbons (Fsp3) is 0.622. The van der Waals surface area contributed by atoms with Gasteiger partial charge >= 0.3 is 12.1 Å². The number of nitrogens with one attached hydrogen (secondary N) is 1. The number of halogens is 1. The Labute approximate surface area is 253 Å². The standard InChI is InChI=1S/C37H52FNO3/c38-35(40)37(27-21-15-13-11-9-7-5-3-1-2-4-6-8-10-12-14-16-22-28-37)39-36(41)42-29-34-32-25-19-17-23-30(32)31-24-18-20-26-33(31)34/h17-20,23-26,34H,1-16,21-22,27-29H2,(H,39,41). The molecule has 1 amide bonds. The maximum Gasteiger partial charge on any atom is 0.408 e. The minimum absolute atomic E-state index is 0.0803. The quantitative estimate of drug-likeness (QED) is 0.368. The zero-order valence-electron chi connectivity index (χ0n) is 25.6. The summed E-state index contributed by atoms with van der Waals surface area (Å²) >= 11 is 0. The van der Waals surface area contributed by atoms with Crippen LogP contribution < -0.4 is 5.32 Å². The Morgan fingerprint density at radius 3 is 1.36 bits per heavy atom. The first-order chi connectivity index (χ1) is 20.6. The van der Waals surface area contributed by atoms with Crippen molar-refractivity contribution in [2.24, 2.45) is 0 Å². The van der Waals surface area contributed by atoms with Gasteiger partial charge in [-0.1, -0.05) is 164 Å². The van der Waals surface area contributed by atoms with Crippen LogP contribution in [0.15, 0.2) is 48.5 Å². The van der Waals surface area contributed by atoms with Crippen LogP contribution in [0, 0.1) is 0 Å². The molecule has 1 fully saturated rings. The lowest BCUT2D eigenvalue weighted by molar-refractivity contribution is -0.137. The molecule has 2 aliphatic carbocycles. The van der Waals surface area contributed by atoms with Gasteiger partial charge in [0.2, 0.25) is 0 Å². The van der Waals surface area contributed by atoms with Crippen molar-refractivity contribution in [3.05, 3.63) is 59.7 Å².